The van der Waals surface area contributed by atoms with Gasteiger partial charge in [-0.05, 0) is 23.8 Å². The number of carbonyl (C=O) groups excluding carboxylic acids is 1. The number of para-hydroxylation sites is 1. The molecule has 1 fully saturated rings. The van der Waals surface area contributed by atoms with E-state index < -0.39 is 55.7 Å². The van der Waals surface area contributed by atoms with E-state index in [1.54, 1.807) is 36.4 Å². The zero-order valence-electron chi connectivity index (χ0n) is 16.3. The molecule has 2 aromatic rings. The first-order valence-corrected chi connectivity index (χ1v) is 9.48. The van der Waals surface area contributed by atoms with Gasteiger partial charge in [-0.1, -0.05) is 30.3 Å². The van der Waals surface area contributed by atoms with Gasteiger partial charge in [-0.3, -0.25) is 9.59 Å². The number of carboxylic acid groups (broad SMARTS) is 1. The summed E-state index contributed by atoms with van der Waals surface area (Å²) < 4.78 is 11.1. The standard InChI is InChI=1S/C21H23NO9/c23-10-15-17(26)18(27)19(28)21(31-15)30-14-4-2-1-3-13(14)11-5-7-12(8-6-11)20(29)22-9-16(24)25/h1-8,15,17-19,21,23,26-28H,9-10H2,(H,22,29)(H,24,25)/t15-,17-,18+,19+,21+/m1/s1. The number of carbonyl (C=O) groups is 2. The maximum absolute atomic E-state index is 12.0. The van der Waals surface area contributed by atoms with Crippen molar-refractivity contribution in [2.75, 3.05) is 13.2 Å². The molecule has 0 aromatic heterocycles. The lowest BCUT2D eigenvalue weighted by Gasteiger charge is -2.39. The fourth-order valence-corrected chi connectivity index (χ4v) is 3.16. The number of rotatable bonds is 7. The van der Waals surface area contributed by atoms with Gasteiger partial charge in [0.15, 0.2) is 0 Å². The highest BCUT2D eigenvalue weighted by atomic mass is 16.7. The maximum atomic E-state index is 12.0. The van der Waals surface area contributed by atoms with Crippen LogP contribution in [0.3, 0.4) is 0 Å². The van der Waals surface area contributed by atoms with E-state index in [0.717, 1.165) is 0 Å². The van der Waals surface area contributed by atoms with Gasteiger partial charge in [-0.2, -0.15) is 0 Å². The molecule has 1 amide bonds. The average Bonchev–Trinajstić information content (AvgIpc) is 2.78. The van der Waals surface area contributed by atoms with Crippen LogP contribution in [-0.4, -0.2) is 81.3 Å². The first-order valence-electron chi connectivity index (χ1n) is 9.48. The third kappa shape index (κ3) is 5.19. The number of hydrogen-bond donors (Lipinski definition) is 6. The van der Waals surface area contributed by atoms with Gasteiger partial charge in [0, 0.05) is 11.1 Å². The Hall–Kier alpha value is -3.02. The Morgan fingerprint density at radius 3 is 2.29 bits per heavy atom. The van der Waals surface area contributed by atoms with E-state index in [9.17, 15) is 30.0 Å². The molecular weight excluding hydrogens is 410 g/mol. The molecule has 0 spiro atoms. The lowest BCUT2D eigenvalue weighted by molar-refractivity contribution is -0.277. The fourth-order valence-electron chi connectivity index (χ4n) is 3.16. The van der Waals surface area contributed by atoms with Crippen molar-refractivity contribution in [3.8, 4) is 16.9 Å². The van der Waals surface area contributed by atoms with Gasteiger partial charge in [0.1, 0.15) is 36.7 Å². The summed E-state index contributed by atoms with van der Waals surface area (Å²) in [6.45, 7) is -1.06. The number of ether oxygens (including phenoxy) is 2. The van der Waals surface area contributed by atoms with E-state index in [1.165, 1.54) is 12.1 Å². The number of carboxylic acids is 1. The van der Waals surface area contributed by atoms with Gasteiger partial charge >= 0.3 is 5.97 Å². The molecule has 0 saturated carbocycles. The molecule has 1 aliphatic heterocycles. The zero-order valence-corrected chi connectivity index (χ0v) is 16.3. The van der Waals surface area contributed by atoms with Gasteiger partial charge in [-0.25, -0.2) is 0 Å². The Kier molecular flexibility index (Phi) is 7.21. The molecule has 3 rings (SSSR count). The monoisotopic (exact) mass is 433 g/mol. The first-order chi connectivity index (χ1) is 14.8. The fraction of sp³-hybridized carbons (Fsp3) is 0.333. The molecule has 2 aromatic carbocycles. The predicted octanol–water partition coefficient (Wildman–Crippen LogP) is -0.653. The van der Waals surface area contributed by atoms with Crippen molar-refractivity contribution in [3.05, 3.63) is 54.1 Å². The van der Waals surface area contributed by atoms with Crippen LogP contribution in [0.4, 0.5) is 0 Å². The number of aliphatic carboxylic acids is 1. The van der Waals surface area contributed by atoms with Crippen LogP contribution in [0.1, 0.15) is 10.4 Å². The molecule has 0 bridgehead atoms. The minimum Gasteiger partial charge on any atom is -0.480 e. The van der Waals surface area contributed by atoms with Crippen molar-refractivity contribution in [3.63, 3.8) is 0 Å². The Bertz CT molecular complexity index is 915. The highest BCUT2D eigenvalue weighted by Gasteiger charge is 2.44. The molecule has 5 atom stereocenters. The smallest absolute Gasteiger partial charge is 0.322 e. The Morgan fingerprint density at radius 1 is 0.968 bits per heavy atom. The SMILES string of the molecule is O=C(O)CNC(=O)c1ccc(-c2ccccc2O[C@H]2O[C@H](CO)[C@@H](O)[C@H](O)[C@@H]2O)cc1. The number of aliphatic hydroxyl groups is 4. The molecule has 0 aliphatic carbocycles. The van der Waals surface area contributed by atoms with Crippen LogP contribution >= 0.6 is 0 Å². The summed E-state index contributed by atoms with van der Waals surface area (Å²) in [4.78, 5) is 22.5. The van der Waals surface area contributed by atoms with Crippen LogP contribution in [0.2, 0.25) is 0 Å². The van der Waals surface area contributed by atoms with Crippen molar-refractivity contribution in [1.29, 1.82) is 0 Å². The lowest BCUT2D eigenvalue weighted by atomic mass is 9.99. The average molecular weight is 433 g/mol. The molecule has 1 heterocycles. The molecule has 6 N–H and O–H groups in total. The largest absolute Gasteiger partial charge is 0.480 e. The second kappa shape index (κ2) is 9.86. The number of hydrogen-bond acceptors (Lipinski definition) is 8. The van der Waals surface area contributed by atoms with Gasteiger partial charge < -0.3 is 40.3 Å². The van der Waals surface area contributed by atoms with Crippen LogP contribution in [0, 0.1) is 0 Å². The summed E-state index contributed by atoms with van der Waals surface area (Å²) in [5.41, 5.74) is 1.53. The highest BCUT2D eigenvalue weighted by Crippen LogP contribution is 2.33. The van der Waals surface area contributed by atoms with Crippen LogP contribution < -0.4 is 10.1 Å². The quantitative estimate of drug-likeness (QED) is 0.333. The number of aliphatic hydroxyl groups excluding tert-OH is 4. The first kappa shape index (κ1) is 22.7. The Balaban J connectivity index is 1.79. The molecule has 0 unspecified atom stereocenters. The summed E-state index contributed by atoms with van der Waals surface area (Å²) in [6, 6.07) is 13.1. The minimum absolute atomic E-state index is 0.275. The predicted molar refractivity (Wildman–Crippen MR) is 106 cm³/mol. The van der Waals surface area contributed by atoms with Gasteiger partial charge in [0.2, 0.25) is 6.29 Å². The van der Waals surface area contributed by atoms with Crippen molar-refractivity contribution in [2.24, 2.45) is 0 Å². The Morgan fingerprint density at radius 2 is 1.65 bits per heavy atom. The van der Waals surface area contributed by atoms with E-state index in [1.807, 2.05) is 0 Å². The third-order valence-corrected chi connectivity index (χ3v) is 4.84. The molecule has 31 heavy (non-hydrogen) atoms. The number of amides is 1. The molecule has 166 valence electrons. The number of benzene rings is 2. The van der Waals surface area contributed by atoms with E-state index in [0.29, 0.717) is 16.9 Å². The summed E-state index contributed by atoms with van der Waals surface area (Å²) in [7, 11) is 0. The third-order valence-electron chi connectivity index (χ3n) is 4.84. The van der Waals surface area contributed by atoms with E-state index in [2.05, 4.69) is 5.32 Å². The summed E-state index contributed by atoms with van der Waals surface area (Å²) in [6.07, 6.45) is -7.04. The molecule has 1 aliphatic rings. The van der Waals surface area contributed by atoms with Crippen LogP contribution in [0.5, 0.6) is 5.75 Å². The zero-order chi connectivity index (χ0) is 22.5. The van der Waals surface area contributed by atoms with E-state index in [-0.39, 0.29) is 5.56 Å². The van der Waals surface area contributed by atoms with E-state index in [4.69, 9.17) is 14.6 Å². The molecular formula is C21H23NO9. The van der Waals surface area contributed by atoms with Crippen LogP contribution in [-0.2, 0) is 9.53 Å². The van der Waals surface area contributed by atoms with Crippen molar-refractivity contribution in [1.82, 2.24) is 5.32 Å². The maximum Gasteiger partial charge on any atom is 0.322 e. The summed E-state index contributed by atoms with van der Waals surface area (Å²) >= 11 is 0. The molecule has 0 radical (unpaired) electrons. The minimum atomic E-state index is -1.56. The van der Waals surface area contributed by atoms with E-state index >= 15 is 0 Å². The molecule has 1 saturated heterocycles. The van der Waals surface area contributed by atoms with Crippen molar-refractivity contribution >= 4 is 11.9 Å². The van der Waals surface area contributed by atoms with Crippen molar-refractivity contribution < 1.29 is 44.6 Å². The topological polar surface area (TPSA) is 166 Å². The van der Waals surface area contributed by atoms with Gasteiger partial charge in [0.25, 0.3) is 5.91 Å². The highest BCUT2D eigenvalue weighted by molar-refractivity contribution is 5.96. The van der Waals surface area contributed by atoms with Crippen LogP contribution in [0.15, 0.2) is 48.5 Å². The molecule has 10 heteroatoms. The molecule has 10 nitrogen and oxygen atoms in total. The normalized spacial score (nSPS) is 25.6. The lowest BCUT2D eigenvalue weighted by Crippen LogP contribution is -2.60. The second-order valence-electron chi connectivity index (χ2n) is 6.97. The van der Waals surface area contributed by atoms with Gasteiger partial charge in [0.05, 0.1) is 6.61 Å². The summed E-state index contributed by atoms with van der Waals surface area (Å²) in [5.74, 6) is -1.38. The number of nitrogens with one attached hydrogen (secondary N) is 1. The van der Waals surface area contributed by atoms with Crippen molar-refractivity contribution in [2.45, 2.75) is 30.7 Å². The van der Waals surface area contributed by atoms with Gasteiger partial charge in [-0.15, -0.1) is 0 Å². The summed E-state index contributed by atoms with van der Waals surface area (Å²) in [5, 5.41) is 50.3. The second-order valence-corrected chi connectivity index (χ2v) is 6.97. The Labute approximate surface area is 177 Å². The van der Waals surface area contributed by atoms with Crippen LogP contribution in [0.25, 0.3) is 11.1 Å².